The third-order valence-electron chi connectivity index (χ3n) is 5.04. The quantitative estimate of drug-likeness (QED) is 0.854. The van der Waals surface area contributed by atoms with Gasteiger partial charge in [0.1, 0.15) is 0 Å². The van der Waals surface area contributed by atoms with Gasteiger partial charge in [0.15, 0.2) is 0 Å². The number of nitrogens with zero attached hydrogens (tertiary/aromatic N) is 4. The lowest BCUT2D eigenvalue weighted by Crippen LogP contribution is -2.48. The smallest absolute Gasteiger partial charge is 0.228 e. The molecular weight excluding hydrogens is 292 g/mol. The molecule has 0 bridgehead atoms. The number of likely N-dealkylation sites (tertiary alicyclic amines) is 1. The Morgan fingerprint density at radius 2 is 2.00 bits per heavy atom. The van der Waals surface area contributed by atoms with Crippen LogP contribution in [-0.4, -0.2) is 53.6 Å². The number of hydrogen-bond donors (Lipinski definition) is 0. The first-order chi connectivity index (χ1) is 11.2. The Kier molecular flexibility index (Phi) is 4.98. The minimum atomic E-state index is 0.150. The van der Waals surface area contributed by atoms with Crippen LogP contribution in [-0.2, 0) is 4.79 Å². The summed E-state index contributed by atoms with van der Waals surface area (Å²) in [6, 6.07) is 2.15. The van der Waals surface area contributed by atoms with Gasteiger partial charge in [-0.1, -0.05) is 0 Å². The fraction of sp³-hybridized carbons (Fsp3) is 0.706. The largest absolute Gasteiger partial charge is 0.481 e. The van der Waals surface area contributed by atoms with Crippen LogP contribution in [0.5, 0.6) is 5.88 Å². The highest BCUT2D eigenvalue weighted by Gasteiger charge is 2.32. The first kappa shape index (κ1) is 16.0. The second kappa shape index (κ2) is 7.15. The first-order valence-corrected chi connectivity index (χ1v) is 8.61. The molecule has 23 heavy (non-hydrogen) atoms. The van der Waals surface area contributed by atoms with E-state index in [1.807, 2.05) is 0 Å². The molecule has 126 valence electrons. The Balaban J connectivity index is 1.58. The lowest BCUT2D eigenvalue weighted by atomic mass is 9.93. The molecule has 0 radical (unpaired) electrons. The Morgan fingerprint density at radius 1 is 1.22 bits per heavy atom. The van der Waals surface area contributed by atoms with E-state index in [4.69, 9.17) is 4.74 Å². The number of carbonyl (C=O) groups excluding carboxylic acids is 1. The summed E-state index contributed by atoms with van der Waals surface area (Å²) in [6.45, 7) is 4.76. The molecule has 1 unspecified atom stereocenters. The Morgan fingerprint density at radius 3 is 2.70 bits per heavy atom. The molecule has 2 aliphatic rings. The molecule has 0 aromatic carbocycles. The van der Waals surface area contributed by atoms with Gasteiger partial charge in [-0.25, -0.2) is 4.98 Å². The SMILES string of the molecule is COc1ccnc(N2CCC(C(=O)N3CCCCC3C)CC2)n1. The van der Waals surface area contributed by atoms with Crippen LogP contribution in [0.15, 0.2) is 12.3 Å². The lowest BCUT2D eigenvalue weighted by molar-refractivity contribution is -0.139. The van der Waals surface area contributed by atoms with Crippen LogP contribution < -0.4 is 9.64 Å². The number of hydrogen-bond acceptors (Lipinski definition) is 5. The van der Waals surface area contributed by atoms with E-state index in [1.54, 1.807) is 19.4 Å². The minimum Gasteiger partial charge on any atom is -0.481 e. The predicted octanol–water partition coefficient (Wildman–Crippen LogP) is 2.10. The zero-order valence-corrected chi connectivity index (χ0v) is 14.1. The molecule has 0 spiro atoms. The summed E-state index contributed by atoms with van der Waals surface area (Å²) < 4.78 is 5.16. The van der Waals surface area contributed by atoms with Crippen LogP contribution in [0.1, 0.15) is 39.0 Å². The molecule has 3 rings (SSSR count). The standard InChI is InChI=1S/C17H26N4O2/c1-13-5-3-4-10-21(13)16(22)14-7-11-20(12-8-14)17-18-9-6-15(19-17)23-2/h6,9,13-14H,3-5,7-8,10-12H2,1-2H3. The van der Waals surface area contributed by atoms with Crippen molar-refractivity contribution in [3.63, 3.8) is 0 Å². The monoisotopic (exact) mass is 318 g/mol. The van der Waals surface area contributed by atoms with E-state index in [1.165, 1.54) is 6.42 Å². The molecule has 6 nitrogen and oxygen atoms in total. The third kappa shape index (κ3) is 3.57. The van der Waals surface area contributed by atoms with E-state index < -0.39 is 0 Å². The van der Waals surface area contributed by atoms with Crippen LogP contribution in [0.3, 0.4) is 0 Å². The summed E-state index contributed by atoms with van der Waals surface area (Å²) in [6.07, 6.45) is 7.00. The van der Waals surface area contributed by atoms with Crippen molar-refractivity contribution in [2.75, 3.05) is 31.6 Å². The second-order valence-electron chi connectivity index (χ2n) is 6.54. The number of carbonyl (C=O) groups is 1. The summed E-state index contributed by atoms with van der Waals surface area (Å²) >= 11 is 0. The zero-order chi connectivity index (χ0) is 16.2. The Bertz CT molecular complexity index is 543. The van der Waals surface area contributed by atoms with Gasteiger partial charge in [-0.15, -0.1) is 0 Å². The summed E-state index contributed by atoms with van der Waals surface area (Å²) in [4.78, 5) is 25.7. The van der Waals surface area contributed by atoms with Crippen molar-refractivity contribution in [3.05, 3.63) is 12.3 Å². The van der Waals surface area contributed by atoms with Crippen molar-refractivity contribution in [2.24, 2.45) is 5.92 Å². The fourth-order valence-electron chi connectivity index (χ4n) is 3.58. The summed E-state index contributed by atoms with van der Waals surface area (Å²) in [5, 5.41) is 0. The van der Waals surface area contributed by atoms with Gasteiger partial charge < -0.3 is 14.5 Å². The maximum absolute atomic E-state index is 12.8. The average Bonchev–Trinajstić information content (AvgIpc) is 2.62. The molecule has 0 N–H and O–H groups in total. The molecule has 1 aromatic heterocycles. The topological polar surface area (TPSA) is 58.6 Å². The summed E-state index contributed by atoms with van der Waals surface area (Å²) in [5.41, 5.74) is 0. The van der Waals surface area contributed by atoms with E-state index in [9.17, 15) is 4.79 Å². The van der Waals surface area contributed by atoms with Crippen molar-refractivity contribution in [2.45, 2.75) is 45.1 Å². The predicted molar refractivity (Wildman–Crippen MR) is 88.5 cm³/mol. The van der Waals surface area contributed by atoms with Crippen LogP contribution in [0.4, 0.5) is 5.95 Å². The zero-order valence-electron chi connectivity index (χ0n) is 14.1. The van der Waals surface area contributed by atoms with Gasteiger partial charge in [0.2, 0.25) is 17.7 Å². The molecule has 1 amide bonds. The van der Waals surface area contributed by atoms with Gasteiger partial charge in [0.25, 0.3) is 0 Å². The summed E-state index contributed by atoms with van der Waals surface area (Å²) in [7, 11) is 1.61. The maximum atomic E-state index is 12.8. The number of methoxy groups -OCH3 is 1. The molecule has 2 fully saturated rings. The van der Waals surface area contributed by atoms with Gasteiger partial charge in [-0.05, 0) is 39.0 Å². The molecule has 1 atom stereocenters. The van der Waals surface area contributed by atoms with Crippen molar-refractivity contribution < 1.29 is 9.53 Å². The molecule has 6 heteroatoms. The molecule has 3 heterocycles. The molecule has 1 aromatic rings. The van der Waals surface area contributed by atoms with E-state index in [-0.39, 0.29) is 5.92 Å². The molecule has 0 aliphatic carbocycles. The summed E-state index contributed by atoms with van der Waals surface area (Å²) in [5.74, 6) is 1.78. The van der Waals surface area contributed by atoms with Gasteiger partial charge in [-0.2, -0.15) is 4.98 Å². The molecule has 2 saturated heterocycles. The van der Waals surface area contributed by atoms with Gasteiger partial charge in [-0.3, -0.25) is 4.79 Å². The Hall–Kier alpha value is -1.85. The maximum Gasteiger partial charge on any atom is 0.228 e. The van der Waals surface area contributed by atoms with Crippen molar-refractivity contribution in [3.8, 4) is 5.88 Å². The van der Waals surface area contributed by atoms with Gasteiger partial charge >= 0.3 is 0 Å². The highest BCUT2D eigenvalue weighted by atomic mass is 16.5. The van der Waals surface area contributed by atoms with Crippen LogP contribution in [0.25, 0.3) is 0 Å². The van der Waals surface area contributed by atoms with E-state index in [2.05, 4.69) is 26.7 Å². The minimum absolute atomic E-state index is 0.150. The Labute approximate surface area is 137 Å². The van der Waals surface area contributed by atoms with E-state index >= 15 is 0 Å². The van der Waals surface area contributed by atoms with Crippen molar-refractivity contribution in [1.29, 1.82) is 0 Å². The van der Waals surface area contributed by atoms with Crippen molar-refractivity contribution in [1.82, 2.24) is 14.9 Å². The van der Waals surface area contributed by atoms with Crippen LogP contribution in [0, 0.1) is 5.92 Å². The number of aromatic nitrogens is 2. The fourth-order valence-corrected chi connectivity index (χ4v) is 3.58. The van der Waals surface area contributed by atoms with Crippen molar-refractivity contribution >= 4 is 11.9 Å². The molecule has 0 saturated carbocycles. The van der Waals surface area contributed by atoms with Gasteiger partial charge in [0, 0.05) is 43.9 Å². The molecule has 2 aliphatic heterocycles. The van der Waals surface area contributed by atoms with Crippen LogP contribution in [0.2, 0.25) is 0 Å². The van der Waals surface area contributed by atoms with Gasteiger partial charge in [0.05, 0.1) is 7.11 Å². The van der Waals surface area contributed by atoms with Crippen LogP contribution >= 0.6 is 0 Å². The highest BCUT2D eigenvalue weighted by molar-refractivity contribution is 5.79. The van der Waals surface area contributed by atoms with E-state index in [0.29, 0.717) is 23.8 Å². The second-order valence-corrected chi connectivity index (χ2v) is 6.54. The first-order valence-electron chi connectivity index (χ1n) is 8.61. The molecular formula is C17H26N4O2. The number of rotatable bonds is 3. The average molecular weight is 318 g/mol. The number of amides is 1. The normalized spacial score (nSPS) is 23.0. The van der Waals surface area contributed by atoms with E-state index in [0.717, 1.165) is 45.3 Å². The third-order valence-corrected chi connectivity index (χ3v) is 5.04. The number of anilines is 1. The number of piperidine rings is 2. The highest BCUT2D eigenvalue weighted by Crippen LogP contribution is 2.26. The lowest BCUT2D eigenvalue weighted by Gasteiger charge is -2.38. The number of ether oxygens (including phenoxy) is 1.